The van der Waals surface area contributed by atoms with E-state index in [-0.39, 0.29) is 0 Å². The van der Waals surface area contributed by atoms with E-state index in [0.29, 0.717) is 18.2 Å². The van der Waals surface area contributed by atoms with E-state index >= 15 is 0 Å². The summed E-state index contributed by atoms with van der Waals surface area (Å²) < 4.78 is 8.44. The lowest BCUT2D eigenvalue weighted by Gasteiger charge is -2.31. The second-order valence-corrected chi connectivity index (χ2v) is 7.14. The van der Waals surface area contributed by atoms with E-state index in [1.165, 1.54) is 0 Å². The Kier molecular flexibility index (Phi) is 3.28. The number of aliphatic hydroxyl groups is 1. The molecule has 3 N–H and O–H groups in total. The third kappa shape index (κ3) is 2.96. The van der Waals surface area contributed by atoms with E-state index in [2.05, 4.69) is 20.3 Å². The van der Waals surface area contributed by atoms with Gasteiger partial charge in [-0.3, -0.25) is 0 Å². The van der Waals surface area contributed by atoms with Crippen molar-refractivity contribution in [1.29, 1.82) is 0 Å². The summed E-state index contributed by atoms with van der Waals surface area (Å²) in [7, 11) is 0. The standard InChI is InChI=1S/C22H20N4O/c1-14(27)22-9-8-20(26-22)12-19-5-4-16(24-19)10-15-2-3-17(23-15)11-18-6-7-21(13-22)25-18/h2-8,10-14,24,26-27H,9H2,1H3/i8D. The number of aromatic amines is 1. The average molecular weight is 357 g/mol. The van der Waals surface area contributed by atoms with Crippen molar-refractivity contribution in [2.45, 2.75) is 25.0 Å². The fourth-order valence-electron chi connectivity index (χ4n) is 3.57. The summed E-state index contributed by atoms with van der Waals surface area (Å²) >= 11 is 0. The van der Waals surface area contributed by atoms with Gasteiger partial charge >= 0.3 is 0 Å². The SMILES string of the molecule is [2H]C1=C2C=c3ccc([nH]3)=CC3=NC(=CC4=NC(=CC(C(C)O)(C1)N2)C=C4)C=C3. The lowest BCUT2D eigenvalue weighted by atomic mass is 9.90. The second kappa shape index (κ2) is 5.93. The molecule has 4 aliphatic rings. The highest BCUT2D eigenvalue weighted by atomic mass is 16.3. The first kappa shape index (κ1) is 14.9. The van der Waals surface area contributed by atoms with Gasteiger partial charge in [0.25, 0.3) is 0 Å². The summed E-state index contributed by atoms with van der Waals surface area (Å²) in [5.74, 6) is 0. The number of fused-ring (bicyclic) bond motifs is 6. The number of aliphatic imine (C=N–C) groups is 2. The van der Waals surface area contributed by atoms with Crippen LogP contribution in [0.25, 0.3) is 12.2 Å². The zero-order valence-electron chi connectivity index (χ0n) is 15.9. The first-order valence-corrected chi connectivity index (χ1v) is 9.02. The molecule has 0 saturated heterocycles. The first-order valence-electron chi connectivity index (χ1n) is 9.52. The van der Waals surface area contributed by atoms with Gasteiger partial charge in [0, 0.05) is 16.4 Å². The molecule has 0 aliphatic carbocycles. The highest BCUT2D eigenvalue weighted by molar-refractivity contribution is 6.19. The number of nitrogens with zero attached hydrogens (tertiary/aromatic N) is 2. The Labute approximate surface area is 158 Å². The Hall–Kier alpha value is -3.18. The van der Waals surface area contributed by atoms with E-state index < -0.39 is 11.6 Å². The zero-order valence-corrected chi connectivity index (χ0v) is 14.9. The minimum Gasteiger partial charge on any atom is -0.391 e. The van der Waals surface area contributed by atoms with Gasteiger partial charge in [0.1, 0.15) is 0 Å². The minimum atomic E-state index is -0.758. The van der Waals surface area contributed by atoms with Crippen LogP contribution in [0.1, 0.15) is 14.7 Å². The molecule has 2 unspecified atom stereocenters. The van der Waals surface area contributed by atoms with Crippen molar-refractivity contribution >= 4 is 23.6 Å². The summed E-state index contributed by atoms with van der Waals surface area (Å²) in [6.07, 6.45) is 15.3. The van der Waals surface area contributed by atoms with Crippen molar-refractivity contribution in [3.05, 3.63) is 82.4 Å². The predicted octanol–water partition coefficient (Wildman–Crippen LogP) is 1.38. The smallest absolute Gasteiger partial charge is 0.0871 e. The van der Waals surface area contributed by atoms with Crippen molar-refractivity contribution in [2.24, 2.45) is 9.98 Å². The van der Waals surface area contributed by atoms with Crippen molar-refractivity contribution < 1.29 is 6.48 Å². The van der Waals surface area contributed by atoms with Gasteiger partial charge < -0.3 is 15.4 Å². The van der Waals surface area contributed by atoms with Crippen molar-refractivity contribution in [3.63, 3.8) is 0 Å². The van der Waals surface area contributed by atoms with Crippen molar-refractivity contribution in [2.75, 3.05) is 0 Å². The normalized spacial score (nSPS) is 27.1. The number of aromatic nitrogens is 1. The monoisotopic (exact) mass is 357 g/mol. The van der Waals surface area contributed by atoms with Crippen LogP contribution in [0, 0.1) is 0 Å². The fraction of sp³-hybridized carbons (Fsp3) is 0.182. The molecule has 134 valence electrons. The zero-order chi connectivity index (χ0) is 19.3. The number of aliphatic hydroxyl groups excluding tert-OH is 1. The number of hydrogen-bond acceptors (Lipinski definition) is 4. The third-order valence-corrected chi connectivity index (χ3v) is 5.09. The molecule has 0 amide bonds. The molecular formula is C22H20N4O. The van der Waals surface area contributed by atoms with Crippen LogP contribution in [0.15, 0.2) is 81.7 Å². The summed E-state index contributed by atoms with van der Waals surface area (Å²) in [5, 5.41) is 15.7. The van der Waals surface area contributed by atoms with Crippen molar-refractivity contribution in [1.82, 2.24) is 10.3 Å². The average Bonchev–Trinajstić information content (AvgIpc) is 3.40. The quantitative estimate of drug-likeness (QED) is 0.710. The molecule has 5 nitrogen and oxygen atoms in total. The summed E-state index contributed by atoms with van der Waals surface area (Å²) in [4.78, 5) is 12.6. The summed E-state index contributed by atoms with van der Waals surface area (Å²) in [6, 6.07) is 4.42. The van der Waals surface area contributed by atoms with Crippen LogP contribution in [0.5, 0.6) is 0 Å². The first-order chi connectivity index (χ1) is 13.5. The topological polar surface area (TPSA) is 72.8 Å². The highest BCUT2D eigenvalue weighted by Gasteiger charge is 2.36. The fourth-order valence-corrected chi connectivity index (χ4v) is 3.57. The lowest BCUT2D eigenvalue weighted by molar-refractivity contribution is 0.117. The van der Waals surface area contributed by atoms with Gasteiger partial charge in [-0.2, -0.15) is 0 Å². The Morgan fingerprint density at radius 1 is 1.04 bits per heavy atom. The summed E-state index contributed by atoms with van der Waals surface area (Å²) in [6.45, 7) is 1.74. The largest absolute Gasteiger partial charge is 0.391 e. The van der Waals surface area contributed by atoms with Gasteiger partial charge in [-0.15, -0.1) is 0 Å². The maximum Gasteiger partial charge on any atom is 0.0871 e. The molecule has 0 radical (unpaired) electrons. The Morgan fingerprint density at radius 3 is 2.56 bits per heavy atom. The van der Waals surface area contributed by atoms with E-state index in [4.69, 9.17) is 1.37 Å². The number of rotatable bonds is 1. The molecule has 0 aromatic carbocycles. The molecular weight excluding hydrogens is 336 g/mol. The molecule has 5 heteroatoms. The molecule has 1 aromatic rings. The van der Waals surface area contributed by atoms with Crippen LogP contribution < -0.4 is 16.0 Å². The van der Waals surface area contributed by atoms with Gasteiger partial charge in [-0.05, 0) is 74.1 Å². The molecule has 5 heterocycles. The van der Waals surface area contributed by atoms with Gasteiger partial charge in [0.15, 0.2) is 0 Å². The molecule has 8 bridgehead atoms. The van der Waals surface area contributed by atoms with Crippen LogP contribution in [-0.4, -0.2) is 33.2 Å². The van der Waals surface area contributed by atoms with E-state index in [1.54, 1.807) is 6.92 Å². The third-order valence-electron chi connectivity index (χ3n) is 5.09. The number of hydrogen-bond donors (Lipinski definition) is 3. The van der Waals surface area contributed by atoms with Gasteiger partial charge in [-0.1, -0.05) is 6.05 Å². The maximum absolute atomic E-state index is 10.5. The molecule has 0 spiro atoms. The second-order valence-electron chi connectivity index (χ2n) is 7.14. The summed E-state index contributed by atoms with van der Waals surface area (Å²) in [5.41, 5.74) is 3.24. The number of allylic oxidation sites excluding steroid dienone is 6. The minimum absolute atomic E-state index is 0.398. The predicted molar refractivity (Wildman–Crippen MR) is 109 cm³/mol. The number of nitrogens with one attached hydrogen (secondary N) is 2. The lowest BCUT2D eigenvalue weighted by Crippen LogP contribution is -2.48. The maximum atomic E-state index is 10.5. The molecule has 2 atom stereocenters. The van der Waals surface area contributed by atoms with E-state index in [9.17, 15) is 5.11 Å². The van der Waals surface area contributed by atoms with Crippen LogP contribution in [-0.2, 0) is 0 Å². The van der Waals surface area contributed by atoms with Crippen LogP contribution in [0.4, 0.5) is 0 Å². The Balaban J connectivity index is 1.70. The molecule has 0 fully saturated rings. The van der Waals surface area contributed by atoms with Gasteiger partial charge in [-0.25, -0.2) is 9.98 Å². The molecule has 5 rings (SSSR count). The van der Waals surface area contributed by atoms with Crippen LogP contribution in [0.2, 0.25) is 0 Å². The van der Waals surface area contributed by atoms with Crippen LogP contribution in [0.3, 0.4) is 0 Å². The molecule has 1 aromatic heterocycles. The Bertz CT molecular complexity index is 1200. The van der Waals surface area contributed by atoms with Gasteiger partial charge in [0.05, 0.1) is 35.8 Å². The Morgan fingerprint density at radius 2 is 1.74 bits per heavy atom. The van der Waals surface area contributed by atoms with Gasteiger partial charge in [0.2, 0.25) is 0 Å². The molecule has 27 heavy (non-hydrogen) atoms. The van der Waals surface area contributed by atoms with Crippen LogP contribution >= 0.6 is 0 Å². The number of H-pyrrole nitrogens is 1. The molecule has 4 aliphatic heterocycles. The van der Waals surface area contributed by atoms with E-state index in [1.807, 2.05) is 60.7 Å². The van der Waals surface area contributed by atoms with Crippen molar-refractivity contribution in [3.8, 4) is 0 Å². The highest BCUT2D eigenvalue weighted by Crippen LogP contribution is 2.29. The molecule has 0 saturated carbocycles. The van der Waals surface area contributed by atoms with E-state index in [0.717, 1.165) is 33.5 Å².